The molecule has 2 heterocycles. The van der Waals surface area contributed by atoms with Crippen molar-refractivity contribution in [3.8, 4) is 16.9 Å². The molecule has 2 aromatic heterocycles. The van der Waals surface area contributed by atoms with Crippen molar-refractivity contribution in [1.82, 2.24) is 19.9 Å². The topological polar surface area (TPSA) is 117 Å². The summed E-state index contributed by atoms with van der Waals surface area (Å²) in [6, 6.07) is 19.3. The molecule has 30 heavy (non-hydrogen) atoms. The fourth-order valence-corrected chi connectivity index (χ4v) is 3.93. The van der Waals surface area contributed by atoms with Crippen LogP contribution in [0.3, 0.4) is 0 Å². The predicted octanol–water partition coefficient (Wildman–Crippen LogP) is 3.07. The molecule has 4 rings (SSSR count). The number of nitrogens with one attached hydrogen (secondary N) is 1. The van der Waals surface area contributed by atoms with Gasteiger partial charge < -0.3 is 15.5 Å². The van der Waals surface area contributed by atoms with Crippen LogP contribution in [0.1, 0.15) is 10.4 Å². The van der Waals surface area contributed by atoms with Crippen molar-refractivity contribution in [2.45, 2.75) is 9.92 Å². The van der Waals surface area contributed by atoms with E-state index in [0.29, 0.717) is 5.03 Å². The van der Waals surface area contributed by atoms with Crippen LogP contribution in [0.15, 0.2) is 76.9 Å². The summed E-state index contributed by atoms with van der Waals surface area (Å²) in [5, 5.41) is 26.1. The van der Waals surface area contributed by atoms with Crippen LogP contribution in [0.4, 0.5) is 0 Å². The standard InChI is InChI=1S/C21H16N4O4S/c26-16-10-17(25-20(23-12-24-25)19(16)21(29)22-11-18(27)28)30-15-8-4-7-14(9-15)13-5-2-1-3-6-13/h1-10,12,26H,11H2,(H,22,29)(H,27,28). The lowest BCUT2D eigenvalue weighted by Gasteiger charge is -2.11. The minimum Gasteiger partial charge on any atom is -0.507 e. The summed E-state index contributed by atoms with van der Waals surface area (Å²) in [7, 11) is 0. The third-order valence-corrected chi connectivity index (χ3v) is 5.28. The number of benzene rings is 2. The number of carbonyl (C=O) groups excluding carboxylic acids is 1. The fraction of sp³-hybridized carbons (Fsp3) is 0.0476. The second kappa shape index (κ2) is 8.26. The lowest BCUT2D eigenvalue weighted by Crippen LogP contribution is -2.29. The van der Waals surface area contributed by atoms with Crippen molar-refractivity contribution in [2.24, 2.45) is 0 Å². The number of aromatic nitrogens is 3. The molecule has 0 aliphatic carbocycles. The molecule has 4 aromatic rings. The van der Waals surface area contributed by atoms with Gasteiger partial charge in [0, 0.05) is 11.0 Å². The van der Waals surface area contributed by atoms with Crippen LogP contribution in [0.2, 0.25) is 0 Å². The fourth-order valence-electron chi connectivity index (χ4n) is 2.96. The van der Waals surface area contributed by atoms with Crippen molar-refractivity contribution in [3.63, 3.8) is 0 Å². The van der Waals surface area contributed by atoms with Gasteiger partial charge in [0.2, 0.25) is 0 Å². The molecule has 0 fully saturated rings. The largest absolute Gasteiger partial charge is 0.507 e. The lowest BCUT2D eigenvalue weighted by atomic mass is 10.1. The molecule has 0 aliphatic rings. The molecule has 0 spiro atoms. The Bertz CT molecular complexity index is 1240. The molecule has 0 radical (unpaired) electrons. The molecule has 0 atom stereocenters. The van der Waals surface area contributed by atoms with Crippen molar-refractivity contribution >= 4 is 29.3 Å². The minimum atomic E-state index is -1.19. The number of rotatable bonds is 6. The van der Waals surface area contributed by atoms with Gasteiger partial charge in [0.1, 0.15) is 29.2 Å². The molecule has 0 bridgehead atoms. The number of fused-ring (bicyclic) bond motifs is 1. The highest BCUT2D eigenvalue weighted by atomic mass is 32.2. The van der Waals surface area contributed by atoms with Gasteiger partial charge in [-0.25, -0.2) is 9.50 Å². The number of aliphatic carboxylic acids is 1. The minimum absolute atomic E-state index is 0.129. The Kier molecular flexibility index (Phi) is 5.36. The molecular formula is C21H16N4O4S. The van der Waals surface area contributed by atoms with Gasteiger partial charge in [0.15, 0.2) is 5.65 Å². The van der Waals surface area contributed by atoms with Crippen molar-refractivity contribution in [3.05, 3.63) is 72.6 Å². The smallest absolute Gasteiger partial charge is 0.322 e. The molecule has 3 N–H and O–H groups in total. The van der Waals surface area contributed by atoms with E-state index < -0.39 is 18.4 Å². The first-order valence-electron chi connectivity index (χ1n) is 8.92. The Morgan fingerprint density at radius 3 is 2.57 bits per heavy atom. The number of hydrogen-bond donors (Lipinski definition) is 3. The summed E-state index contributed by atoms with van der Waals surface area (Å²) in [6.07, 6.45) is 1.27. The molecule has 2 aromatic carbocycles. The summed E-state index contributed by atoms with van der Waals surface area (Å²) in [5.74, 6) is -2.23. The zero-order chi connectivity index (χ0) is 21.1. The van der Waals surface area contributed by atoms with Crippen LogP contribution in [0, 0.1) is 0 Å². The monoisotopic (exact) mass is 420 g/mol. The summed E-state index contributed by atoms with van der Waals surface area (Å²) < 4.78 is 1.44. The van der Waals surface area contributed by atoms with Crippen molar-refractivity contribution in [2.75, 3.05) is 6.54 Å². The highest BCUT2D eigenvalue weighted by molar-refractivity contribution is 7.99. The maximum atomic E-state index is 12.3. The van der Waals surface area contributed by atoms with E-state index in [4.69, 9.17) is 5.11 Å². The zero-order valence-electron chi connectivity index (χ0n) is 15.5. The Morgan fingerprint density at radius 2 is 1.80 bits per heavy atom. The third kappa shape index (κ3) is 3.96. The van der Waals surface area contributed by atoms with Gasteiger partial charge in [-0.15, -0.1) is 0 Å². The second-order valence-corrected chi connectivity index (χ2v) is 7.40. The van der Waals surface area contributed by atoms with Gasteiger partial charge in [-0.1, -0.05) is 54.2 Å². The Labute approximate surface area is 175 Å². The highest BCUT2D eigenvalue weighted by Gasteiger charge is 2.21. The number of aromatic hydroxyl groups is 1. The average Bonchev–Trinajstić information content (AvgIpc) is 3.23. The molecule has 150 valence electrons. The van der Waals surface area contributed by atoms with E-state index >= 15 is 0 Å². The van der Waals surface area contributed by atoms with Crippen molar-refractivity contribution in [1.29, 1.82) is 0 Å². The number of pyridine rings is 1. The van der Waals surface area contributed by atoms with Crippen LogP contribution in [0.5, 0.6) is 5.75 Å². The molecule has 8 nitrogen and oxygen atoms in total. The summed E-state index contributed by atoms with van der Waals surface area (Å²) in [6.45, 7) is -0.568. The number of carbonyl (C=O) groups is 2. The van der Waals surface area contributed by atoms with E-state index in [-0.39, 0.29) is 17.0 Å². The number of nitrogens with zero attached hydrogens (tertiary/aromatic N) is 3. The quantitative estimate of drug-likeness (QED) is 0.439. The van der Waals surface area contributed by atoms with Crippen LogP contribution >= 0.6 is 11.8 Å². The first-order chi connectivity index (χ1) is 14.5. The Morgan fingerprint density at radius 1 is 1.03 bits per heavy atom. The zero-order valence-corrected chi connectivity index (χ0v) is 16.3. The van der Waals surface area contributed by atoms with Gasteiger partial charge in [-0.3, -0.25) is 9.59 Å². The first-order valence-corrected chi connectivity index (χ1v) is 9.73. The maximum absolute atomic E-state index is 12.3. The van der Waals surface area contributed by atoms with E-state index in [1.165, 1.54) is 28.7 Å². The lowest BCUT2D eigenvalue weighted by molar-refractivity contribution is -0.135. The van der Waals surface area contributed by atoms with E-state index in [1.54, 1.807) is 0 Å². The van der Waals surface area contributed by atoms with Gasteiger partial charge in [0.25, 0.3) is 5.91 Å². The average molecular weight is 420 g/mol. The maximum Gasteiger partial charge on any atom is 0.322 e. The van der Waals surface area contributed by atoms with Crippen LogP contribution in [-0.4, -0.2) is 43.2 Å². The molecular weight excluding hydrogens is 404 g/mol. The van der Waals surface area contributed by atoms with E-state index in [9.17, 15) is 14.7 Å². The molecule has 0 saturated carbocycles. The molecule has 0 aliphatic heterocycles. The Hall–Kier alpha value is -3.85. The van der Waals surface area contributed by atoms with Gasteiger partial charge in [0.05, 0.1) is 0 Å². The highest BCUT2D eigenvalue weighted by Crippen LogP contribution is 2.34. The molecule has 0 saturated heterocycles. The summed E-state index contributed by atoms with van der Waals surface area (Å²) in [5.41, 5.74) is 2.14. The second-order valence-electron chi connectivity index (χ2n) is 6.31. The Balaban J connectivity index is 1.68. The van der Waals surface area contributed by atoms with E-state index in [2.05, 4.69) is 15.4 Å². The number of amides is 1. The van der Waals surface area contributed by atoms with Gasteiger partial charge in [-0.05, 0) is 23.3 Å². The van der Waals surface area contributed by atoms with E-state index in [0.717, 1.165) is 16.0 Å². The normalized spacial score (nSPS) is 10.8. The SMILES string of the molecule is O=C(O)CNC(=O)c1c(O)cc(Sc2cccc(-c3ccccc3)c2)n2ncnc12. The predicted molar refractivity (Wildman–Crippen MR) is 111 cm³/mol. The number of hydrogen-bond acceptors (Lipinski definition) is 6. The van der Waals surface area contributed by atoms with Crippen LogP contribution in [0.25, 0.3) is 16.8 Å². The summed E-state index contributed by atoms with van der Waals surface area (Å²) in [4.78, 5) is 28.0. The number of carboxylic acids is 1. The van der Waals surface area contributed by atoms with Gasteiger partial charge >= 0.3 is 5.97 Å². The van der Waals surface area contributed by atoms with Crippen LogP contribution < -0.4 is 5.32 Å². The van der Waals surface area contributed by atoms with Gasteiger partial charge in [-0.2, -0.15) is 5.10 Å². The summed E-state index contributed by atoms with van der Waals surface area (Å²) >= 11 is 1.36. The first kappa shape index (κ1) is 19.5. The third-order valence-electron chi connectivity index (χ3n) is 4.29. The molecule has 0 unspecified atom stereocenters. The van der Waals surface area contributed by atoms with Crippen molar-refractivity contribution < 1.29 is 19.8 Å². The van der Waals surface area contributed by atoms with Crippen LogP contribution in [-0.2, 0) is 4.79 Å². The van der Waals surface area contributed by atoms with E-state index in [1.807, 2.05) is 54.6 Å². The number of carboxylic acid groups (broad SMARTS) is 1. The molecule has 9 heteroatoms. The molecule has 1 amide bonds.